The highest BCUT2D eigenvalue weighted by molar-refractivity contribution is 5.64. The molecular weight excluding hydrogens is 400 g/mol. The number of ether oxygens (including phenoxy) is 1. The molecular formula is C25H36N6O. The topological polar surface area (TPSA) is 67.3 Å². The Kier molecular flexibility index (Phi) is 6.86. The highest BCUT2D eigenvalue weighted by Gasteiger charge is 2.30. The van der Waals surface area contributed by atoms with Crippen LogP contribution in [0.15, 0.2) is 36.1 Å². The van der Waals surface area contributed by atoms with Crippen molar-refractivity contribution >= 4 is 5.95 Å². The van der Waals surface area contributed by atoms with E-state index in [4.69, 9.17) is 9.72 Å². The van der Waals surface area contributed by atoms with Crippen molar-refractivity contribution < 1.29 is 4.74 Å². The van der Waals surface area contributed by atoms with Gasteiger partial charge in [0.2, 0.25) is 5.95 Å². The molecule has 7 nitrogen and oxygen atoms in total. The van der Waals surface area contributed by atoms with E-state index in [0.29, 0.717) is 18.0 Å². The minimum Gasteiger partial charge on any atom is -0.369 e. The maximum atomic E-state index is 6.24. The minimum atomic E-state index is -0.102. The van der Waals surface area contributed by atoms with Gasteiger partial charge in [-0.2, -0.15) is 0 Å². The van der Waals surface area contributed by atoms with Crippen molar-refractivity contribution in [2.75, 3.05) is 45.2 Å². The van der Waals surface area contributed by atoms with Crippen LogP contribution in [-0.4, -0.2) is 65.2 Å². The average Bonchev–Trinajstić information content (AvgIpc) is 2.78. The molecule has 0 radical (unpaired) electrons. The third-order valence-electron chi connectivity index (χ3n) is 6.90. The second-order valence-electron chi connectivity index (χ2n) is 9.90. The van der Waals surface area contributed by atoms with Crippen molar-refractivity contribution in [3.8, 4) is 11.1 Å². The van der Waals surface area contributed by atoms with Gasteiger partial charge in [0.1, 0.15) is 12.4 Å². The van der Waals surface area contributed by atoms with E-state index in [0.717, 1.165) is 42.9 Å². The molecule has 1 saturated heterocycles. The smallest absolute Gasteiger partial charge is 0.225 e. The number of hydrogen-bond donors (Lipinski definition) is 0. The lowest BCUT2D eigenvalue weighted by atomic mass is 9.71. The summed E-state index contributed by atoms with van der Waals surface area (Å²) in [6, 6.07) is 0. The summed E-state index contributed by atoms with van der Waals surface area (Å²) >= 11 is 0. The van der Waals surface area contributed by atoms with Gasteiger partial charge in [0.25, 0.3) is 0 Å². The van der Waals surface area contributed by atoms with Crippen LogP contribution in [0.3, 0.4) is 0 Å². The summed E-state index contributed by atoms with van der Waals surface area (Å²) in [5, 5.41) is 0. The molecule has 0 bridgehead atoms. The molecule has 0 N–H and O–H groups in total. The van der Waals surface area contributed by atoms with Crippen LogP contribution in [0.1, 0.15) is 58.3 Å². The molecule has 0 spiro atoms. The number of morpholine rings is 1. The van der Waals surface area contributed by atoms with E-state index in [-0.39, 0.29) is 6.10 Å². The van der Waals surface area contributed by atoms with Crippen molar-refractivity contribution in [1.82, 2.24) is 24.8 Å². The summed E-state index contributed by atoms with van der Waals surface area (Å²) in [5.41, 5.74) is 6.35. The summed E-state index contributed by atoms with van der Waals surface area (Å²) in [6.07, 6.45) is 11.9. The van der Waals surface area contributed by atoms with Gasteiger partial charge in [0.15, 0.2) is 0 Å². The van der Waals surface area contributed by atoms with Crippen molar-refractivity contribution in [3.05, 3.63) is 41.8 Å². The van der Waals surface area contributed by atoms with Gasteiger partial charge in [-0.15, -0.1) is 0 Å². The third kappa shape index (κ3) is 4.99. The second kappa shape index (κ2) is 9.63. The number of allylic oxidation sites excluding steroid dienone is 1. The zero-order chi connectivity index (χ0) is 22.7. The van der Waals surface area contributed by atoms with Gasteiger partial charge in [0.05, 0.1) is 12.3 Å². The lowest BCUT2D eigenvalue weighted by Crippen LogP contribution is -2.40. The van der Waals surface area contributed by atoms with Gasteiger partial charge in [-0.3, -0.25) is 4.90 Å². The van der Waals surface area contributed by atoms with Gasteiger partial charge in [-0.25, -0.2) is 19.9 Å². The molecule has 0 amide bonds. The van der Waals surface area contributed by atoms with Crippen molar-refractivity contribution in [1.29, 1.82) is 0 Å². The summed E-state index contributed by atoms with van der Waals surface area (Å²) in [4.78, 5) is 22.3. The maximum Gasteiger partial charge on any atom is 0.225 e. The molecule has 2 aliphatic rings. The van der Waals surface area contributed by atoms with E-state index in [1.54, 1.807) is 17.5 Å². The van der Waals surface area contributed by atoms with Gasteiger partial charge < -0.3 is 9.64 Å². The molecule has 1 aliphatic heterocycles. The van der Waals surface area contributed by atoms with E-state index in [1.807, 2.05) is 37.6 Å². The first-order chi connectivity index (χ1) is 15.3. The Morgan fingerprint density at radius 3 is 2.69 bits per heavy atom. The molecule has 7 heteroatoms. The second-order valence-corrected chi connectivity index (χ2v) is 9.90. The summed E-state index contributed by atoms with van der Waals surface area (Å²) in [5.74, 6) is 0.686. The highest BCUT2D eigenvalue weighted by atomic mass is 16.5. The van der Waals surface area contributed by atoms with Gasteiger partial charge >= 0.3 is 0 Å². The molecule has 0 saturated carbocycles. The molecule has 172 valence electrons. The van der Waals surface area contributed by atoms with E-state index in [2.05, 4.69) is 40.6 Å². The number of nitrogens with zero attached hydrogens (tertiary/aromatic N) is 6. The zero-order valence-corrected chi connectivity index (χ0v) is 20.1. The molecule has 4 rings (SSSR count). The van der Waals surface area contributed by atoms with Crippen LogP contribution in [0.5, 0.6) is 0 Å². The van der Waals surface area contributed by atoms with Gasteiger partial charge in [-0.05, 0) is 38.0 Å². The van der Waals surface area contributed by atoms with Crippen LogP contribution in [0.4, 0.5) is 5.95 Å². The Morgan fingerprint density at radius 1 is 1.19 bits per heavy atom. The van der Waals surface area contributed by atoms with E-state index < -0.39 is 0 Å². The number of rotatable bonds is 6. The molecule has 1 aliphatic carbocycles. The Bertz CT molecular complexity index is 956. The number of aromatic nitrogens is 4. The molecule has 32 heavy (non-hydrogen) atoms. The first-order valence-corrected chi connectivity index (χ1v) is 11.7. The Morgan fingerprint density at radius 2 is 1.97 bits per heavy atom. The van der Waals surface area contributed by atoms with Crippen LogP contribution < -0.4 is 4.90 Å². The van der Waals surface area contributed by atoms with Crippen LogP contribution in [0, 0.1) is 5.41 Å². The lowest BCUT2D eigenvalue weighted by Gasteiger charge is -2.38. The molecule has 2 aromatic heterocycles. The van der Waals surface area contributed by atoms with Crippen molar-refractivity contribution in [2.45, 2.75) is 52.6 Å². The standard InChI is InChI=1S/C25H36N6O/c1-18-7-6-9-25(2,3)21(18)8-10-31-11-12-32-22(16-31)23-20(19-13-26-17-27-14-19)15-28-24(29-23)30(4)5/h13-15,17,22H,6-12,16H2,1-5H3/t22-/m1/s1. The fourth-order valence-corrected chi connectivity index (χ4v) is 5.07. The predicted molar refractivity (Wildman–Crippen MR) is 127 cm³/mol. The van der Waals surface area contributed by atoms with Crippen molar-refractivity contribution in [3.63, 3.8) is 0 Å². The Hall–Kier alpha value is -2.38. The van der Waals surface area contributed by atoms with Crippen LogP contribution >= 0.6 is 0 Å². The number of anilines is 1. The fourth-order valence-electron chi connectivity index (χ4n) is 5.07. The average molecular weight is 437 g/mol. The zero-order valence-electron chi connectivity index (χ0n) is 20.1. The SMILES string of the molecule is CC1=C(CCN2CCO[C@@H](c3nc(N(C)C)ncc3-c3cncnc3)C2)C(C)(C)CCC1. The summed E-state index contributed by atoms with van der Waals surface area (Å²) in [7, 11) is 3.92. The van der Waals surface area contributed by atoms with Crippen LogP contribution in [-0.2, 0) is 4.74 Å². The van der Waals surface area contributed by atoms with E-state index in [9.17, 15) is 0 Å². The number of hydrogen-bond acceptors (Lipinski definition) is 7. The molecule has 1 atom stereocenters. The Labute approximate surface area is 192 Å². The van der Waals surface area contributed by atoms with E-state index >= 15 is 0 Å². The fraction of sp³-hybridized carbons (Fsp3) is 0.600. The summed E-state index contributed by atoms with van der Waals surface area (Å²) in [6.45, 7) is 10.7. The normalized spacial score (nSPS) is 21.6. The molecule has 0 unspecified atom stereocenters. The third-order valence-corrected chi connectivity index (χ3v) is 6.90. The molecule has 1 fully saturated rings. The monoisotopic (exact) mass is 436 g/mol. The molecule has 3 heterocycles. The first kappa shape index (κ1) is 22.8. The Balaban J connectivity index is 1.55. The van der Waals surface area contributed by atoms with Gasteiger partial charge in [0, 0.05) is 63.4 Å². The van der Waals surface area contributed by atoms with E-state index in [1.165, 1.54) is 19.3 Å². The van der Waals surface area contributed by atoms with Gasteiger partial charge in [-0.1, -0.05) is 25.0 Å². The summed E-state index contributed by atoms with van der Waals surface area (Å²) < 4.78 is 6.24. The van der Waals surface area contributed by atoms with Crippen LogP contribution in [0.2, 0.25) is 0 Å². The highest BCUT2D eigenvalue weighted by Crippen LogP contribution is 2.42. The predicted octanol–water partition coefficient (Wildman–Crippen LogP) is 4.29. The quantitative estimate of drug-likeness (QED) is 0.626. The molecule has 2 aromatic rings. The maximum absolute atomic E-state index is 6.24. The largest absolute Gasteiger partial charge is 0.369 e. The minimum absolute atomic E-state index is 0.102. The van der Waals surface area contributed by atoms with Crippen LogP contribution in [0.25, 0.3) is 11.1 Å². The lowest BCUT2D eigenvalue weighted by molar-refractivity contribution is -0.0316. The molecule has 0 aromatic carbocycles. The first-order valence-electron chi connectivity index (χ1n) is 11.7. The van der Waals surface area contributed by atoms with Crippen molar-refractivity contribution in [2.24, 2.45) is 5.41 Å².